The van der Waals surface area contributed by atoms with E-state index in [9.17, 15) is 9.59 Å². The van der Waals surface area contributed by atoms with E-state index in [1.165, 1.54) is 4.90 Å². The fraction of sp³-hybridized carbons (Fsp3) is 0.190. The van der Waals surface area contributed by atoms with Crippen LogP contribution in [-0.4, -0.2) is 28.2 Å². The number of imide groups is 1. The van der Waals surface area contributed by atoms with Crippen LogP contribution >= 0.6 is 11.6 Å². The highest BCUT2D eigenvalue weighted by Gasteiger charge is 2.35. The number of halogens is 1. The lowest BCUT2D eigenvalue weighted by atomic mass is 10.1. The summed E-state index contributed by atoms with van der Waals surface area (Å²) in [5.41, 5.74) is 2.55. The van der Waals surface area contributed by atoms with Gasteiger partial charge in [-0.05, 0) is 36.6 Å². The van der Waals surface area contributed by atoms with Gasteiger partial charge in [-0.1, -0.05) is 42.2 Å². The number of nitrogens with zero attached hydrogens (tertiary/aromatic N) is 2. The van der Waals surface area contributed by atoms with Crippen LogP contribution in [0.3, 0.4) is 0 Å². The minimum Gasteiger partial charge on any atom is -0.270 e. The third-order valence-corrected chi connectivity index (χ3v) is 4.69. The van der Waals surface area contributed by atoms with Gasteiger partial charge in [0.05, 0.1) is 28.4 Å². The monoisotopic (exact) mass is 362 g/mol. The number of aromatic nitrogens is 1. The maximum Gasteiger partial charge on any atom is 0.261 e. The smallest absolute Gasteiger partial charge is 0.261 e. The van der Waals surface area contributed by atoms with E-state index in [4.69, 9.17) is 11.6 Å². The predicted molar refractivity (Wildman–Crippen MR) is 99.7 cm³/mol. The van der Waals surface area contributed by atoms with E-state index < -0.39 is 0 Å². The average Bonchev–Trinajstić information content (AvgIpc) is 3.44. The number of carbonyl (C=O) groups is 2. The first-order valence-corrected chi connectivity index (χ1v) is 8.73. The van der Waals surface area contributed by atoms with Crippen LogP contribution in [0.5, 0.6) is 0 Å². The molecule has 1 aromatic heterocycles. The Balaban J connectivity index is 1.53. The van der Waals surface area contributed by atoms with Gasteiger partial charge in [-0.25, -0.2) is 0 Å². The van der Waals surface area contributed by atoms with Gasteiger partial charge < -0.3 is 0 Å². The molecule has 2 amide bonds. The molecule has 1 saturated carbocycles. The Morgan fingerprint density at radius 2 is 1.88 bits per heavy atom. The highest BCUT2D eigenvalue weighted by molar-refractivity contribution is 6.32. The standard InChI is InChI=1S/C21H15ClN2O2/c1-13(12-24-20(25)16-4-2-3-5-17(16)21(24)26)19-18(22)10-15(11-23-19)9-8-14-6-7-14/h2-5,10-11,14H,1,6-7,12H2. The van der Waals surface area contributed by atoms with E-state index in [-0.39, 0.29) is 18.4 Å². The van der Waals surface area contributed by atoms with Crippen LogP contribution in [-0.2, 0) is 0 Å². The van der Waals surface area contributed by atoms with Crippen molar-refractivity contribution in [3.05, 3.63) is 70.5 Å². The lowest BCUT2D eigenvalue weighted by Gasteiger charge is -2.16. The van der Waals surface area contributed by atoms with Gasteiger partial charge in [0, 0.05) is 17.7 Å². The summed E-state index contributed by atoms with van der Waals surface area (Å²) in [7, 11) is 0. The zero-order valence-corrected chi connectivity index (χ0v) is 14.7. The Hall–Kier alpha value is -2.90. The second-order valence-electron chi connectivity index (χ2n) is 6.44. The highest BCUT2D eigenvalue weighted by atomic mass is 35.5. The van der Waals surface area contributed by atoms with E-state index in [1.807, 2.05) is 0 Å². The van der Waals surface area contributed by atoms with Crippen molar-refractivity contribution >= 4 is 29.0 Å². The number of carbonyl (C=O) groups excluding carboxylic acids is 2. The molecule has 1 aliphatic heterocycles. The molecule has 128 valence electrons. The molecule has 0 bridgehead atoms. The van der Waals surface area contributed by atoms with Gasteiger partial charge >= 0.3 is 0 Å². The second-order valence-corrected chi connectivity index (χ2v) is 6.85. The Bertz CT molecular complexity index is 977. The zero-order valence-electron chi connectivity index (χ0n) is 14.0. The van der Waals surface area contributed by atoms with E-state index in [0.717, 1.165) is 18.4 Å². The van der Waals surface area contributed by atoms with E-state index >= 15 is 0 Å². The van der Waals surface area contributed by atoms with E-state index in [1.54, 1.807) is 36.5 Å². The van der Waals surface area contributed by atoms with Crippen molar-refractivity contribution in [3.63, 3.8) is 0 Å². The lowest BCUT2D eigenvalue weighted by Crippen LogP contribution is -2.31. The maximum atomic E-state index is 12.5. The number of benzene rings is 1. The molecule has 0 saturated heterocycles. The summed E-state index contributed by atoms with van der Waals surface area (Å²) in [4.78, 5) is 30.4. The van der Waals surface area contributed by atoms with Crippen molar-refractivity contribution in [1.82, 2.24) is 9.88 Å². The summed E-state index contributed by atoms with van der Waals surface area (Å²) in [6.45, 7) is 4.01. The molecule has 1 aromatic carbocycles. The molecule has 1 fully saturated rings. The normalized spacial score (nSPS) is 15.5. The third kappa shape index (κ3) is 3.02. The number of hydrogen-bond donors (Lipinski definition) is 0. The van der Waals surface area contributed by atoms with Gasteiger partial charge in [0.2, 0.25) is 0 Å². The minimum atomic E-state index is -0.324. The quantitative estimate of drug-likeness (QED) is 0.616. The second kappa shape index (κ2) is 6.44. The fourth-order valence-corrected chi connectivity index (χ4v) is 3.13. The number of amides is 2. The highest BCUT2D eigenvalue weighted by Crippen LogP contribution is 2.29. The molecule has 0 spiro atoms. The van der Waals surface area contributed by atoms with Crippen molar-refractivity contribution in [2.75, 3.05) is 6.54 Å². The lowest BCUT2D eigenvalue weighted by molar-refractivity contribution is 0.0675. The van der Waals surface area contributed by atoms with Crippen molar-refractivity contribution in [2.24, 2.45) is 5.92 Å². The van der Waals surface area contributed by atoms with Gasteiger partial charge in [0.1, 0.15) is 0 Å². The molecule has 26 heavy (non-hydrogen) atoms. The zero-order chi connectivity index (χ0) is 18.3. The molecular weight excluding hydrogens is 348 g/mol. The third-order valence-electron chi connectivity index (χ3n) is 4.40. The number of pyridine rings is 1. The van der Waals surface area contributed by atoms with Gasteiger partial charge in [0.25, 0.3) is 11.8 Å². The molecule has 0 unspecified atom stereocenters. The molecule has 0 radical (unpaired) electrons. The Labute approximate surface area is 156 Å². The summed E-state index contributed by atoms with van der Waals surface area (Å²) in [6.07, 6.45) is 3.96. The minimum absolute atomic E-state index is 0.0478. The van der Waals surface area contributed by atoms with Crippen molar-refractivity contribution in [3.8, 4) is 11.8 Å². The number of rotatable bonds is 3. The van der Waals surface area contributed by atoms with Crippen LogP contribution in [0.25, 0.3) is 5.57 Å². The topological polar surface area (TPSA) is 50.3 Å². The van der Waals surface area contributed by atoms with Gasteiger partial charge in [-0.15, -0.1) is 0 Å². The van der Waals surface area contributed by atoms with Crippen molar-refractivity contribution in [1.29, 1.82) is 0 Å². The van der Waals surface area contributed by atoms with E-state index in [0.29, 0.717) is 33.3 Å². The van der Waals surface area contributed by atoms with Crippen LogP contribution in [0, 0.1) is 17.8 Å². The summed E-state index contributed by atoms with van der Waals surface area (Å²) in [5, 5.41) is 0.411. The van der Waals surface area contributed by atoms with Crippen LogP contribution in [0.4, 0.5) is 0 Å². The van der Waals surface area contributed by atoms with Crippen molar-refractivity contribution in [2.45, 2.75) is 12.8 Å². The van der Waals surface area contributed by atoms with Gasteiger partial charge in [-0.3, -0.25) is 19.5 Å². The average molecular weight is 363 g/mol. The summed E-state index contributed by atoms with van der Waals surface area (Å²) < 4.78 is 0. The molecule has 0 N–H and O–H groups in total. The number of fused-ring (bicyclic) bond motifs is 1. The molecule has 2 heterocycles. The Kier molecular flexibility index (Phi) is 4.10. The maximum absolute atomic E-state index is 12.5. The van der Waals surface area contributed by atoms with Crippen LogP contribution in [0.15, 0.2) is 43.1 Å². The van der Waals surface area contributed by atoms with Crippen LogP contribution in [0.1, 0.15) is 44.8 Å². The summed E-state index contributed by atoms with van der Waals surface area (Å²) >= 11 is 6.32. The molecule has 0 atom stereocenters. The molecule has 5 heteroatoms. The first-order chi connectivity index (χ1) is 12.5. The van der Waals surface area contributed by atoms with E-state index in [2.05, 4.69) is 23.4 Å². The molecule has 2 aliphatic rings. The summed E-state index contributed by atoms with van der Waals surface area (Å²) in [5.74, 6) is 6.08. The van der Waals surface area contributed by atoms with Gasteiger partial charge in [-0.2, -0.15) is 0 Å². The van der Waals surface area contributed by atoms with Crippen molar-refractivity contribution < 1.29 is 9.59 Å². The largest absolute Gasteiger partial charge is 0.270 e. The predicted octanol–water partition coefficient (Wildman–Crippen LogP) is 3.81. The Morgan fingerprint density at radius 1 is 1.23 bits per heavy atom. The molecular formula is C21H15ClN2O2. The first kappa shape index (κ1) is 16.6. The van der Waals surface area contributed by atoms with Gasteiger partial charge in [0.15, 0.2) is 0 Å². The number of hydrogen-bond acceptors (Lipinski definition) is 3. The molecule has 2 aromatic rings. The SMILES string of the molecule is C=C(CN1C(=O)c2ccccc2C1=O)c1ncc(C#CC2CC2)cc1Cl. The first-order valence-electron chi connectivity index (χ1n) is 8.35. The fourth-order valence-electron chi connectivity index (χ4n) is 2.83. The molecule has 1 aliphatic carbocycles. The Morgan fingerprint density at radius 3 is 2.46 bits per heavy atom. The van der Waals surface area contributed by atoms with Crippen LogP contribution < -0.4 is 0 Å². The molecule has 4 nitrogen and oxygen atoms in total. The van der Waals surface area contributed by atoms with Crippen LogP contribution in [0.2, 0.25) is 5.02 Å². The molecule has 4 rings (SSSR count). The summed E-state index contributed by atoms with van der Waals surface area (Å²) in [6, 6.07) is 8.52.